The molecule has 0 aliphatic rings. The summed E-state index contributed by atoms with van der Waals surface area (Å²) < 4.78 is 0. The number of hydrogen-bond acceptors (Lipinski definition) is 3. The summed E-state index contributed by atoms with van der Waals surface area (Å²) in [5, 5.41) is 19.1. The van der Waals surface area contributed by atoms with Crippen molar-refractivity contribution in [3.05, 3.63) is 0 Å². The average Bonchev–Trinajstić information content (AvgIpc) is 1.69. The molecule has 0 saturated heterocycles. The largest absolute Gasteiger partial charge is 0.395 e. The summed E-state index contributed by atoms with van der Waals surface area (Å²) in [4.78, 5) is 0. The van der Waals surface area contributed by atoms with E-state index in [0.29, 0.717) is 13.1 Å². The van der Waals surface area contributed by atoms with Crippen molar-refractivity contribution in [2.24, 2.45) is 0 Å². The summed E-state index contributed by atoms with van der Waals surface area (Å²) in [6.45, 7) is 1.42. The first-order chi connectivity index (χ1) is 3.41. The van der Waals surface area contributed by atoms with E-state index in [1.54, 1.807) is 0 Å². The Morgan fingerprint density at radius 3 is 1.62 bits per heavy atom. The van der Waals surface area contributed by atoms with Gasteiger partial charge in [0.05, 0.1) is 13.2 Å². The van der Waals surface area contributed by atoms with Crippen LogP contribution < -0.4 is 5.32 Å². The normalized spacial score (nSPS) is 8.25. The van der Waals surface area contributed by atoms with E-state index in [4.69, 9.17) is 10.2 Å². The molecule has 0 fully saturated rings. The van der Waals surface area contributed by atoms with Gasteiger partial charge in [0.1, 0.15) is 0 Å². The fraction of sp³-hybridized carbons (Fsp3) is 1.00. The Balaban J connectivity index is 0. The third kappa shape index (κ3) is 9.64. The second-order valence-electron chi connectivity index (χ2n) is 1.20. The molecule has 52 valence electrons. The van der Waals surface area contributed by atoms with Crippen LogP contribution in [0.4, 0.5) is 0 Å². The van der Waals surface area contributed by atoms with Crippen LogP contribution in [0.25, 0.3) is 0 Å². The molecule has 0 heterocycles. The molecule has 8 heavy (non-hydrogen) atoms. The van der Waals surface area contributed by atoms with E-state index < -0.39 is 0 Å². The Morgan fingerprint density at radius 1 is 1.00 bits per heavy atom. The molecule has 0 aromatic heterocycles. The molecule has 0 unspecified atom stereocenters. The molecule has 0 aliphatic carbocycles. The minimum Gasteiger partial charge on any atom is -0.395 e. The van der Waals surface area contributed by atoms with E-state index in [9.17, 15) is 0 Å². The third-order valence-corrected chi connectivity index (χ3v) is 0.577. The van der Waals surface area contributed by atoms with Gasteiger partial charge in [-0.2, -0.15) is 0 Å². The zero-order valence-electron chi connectivity index (χ0n) is 4.58. The minimum atomic E-state index is 0. The van der Waals surface area contributed by atoms with Crippen LogP contribution in [0.5, 0.6) is 0 Å². The number of nitrogens with one attached hydrogen (secondary N) is 1. The van der Waals surface area contributed by atoms with Crippen molar-refractivity contribution in [3.8, 4) is 0 Å². The first-order valence-electron chi connectivity index (χ1n) is 2.34. The molecule has 0 bridgehead atoms. The molecule has 0 spiro atoms. The van der Waals surface area contributed by atoms with Crippen molar-refractivity contribution in [2.75, 3.05) is 26.3 Å². The number of hydrogen-bond donors (Lipinski definition) is 3. The summed E-state index contributed by atoms with van der Waals surface area (Å²) >= 11 is 0. The van der Waals surface area contributed by atoms with Crippen molar-refractivity contribution in [3.63, 3.8) is 0 Å². The fourth-order valence-corrected chi connectivity index (χ4v) is 0.283. The maximum Gasteiger partial charge on any atom is 0.0555 e. The first kappa shape index (κ1) is 11.2. The van der Waals surface area contributed by atoms with Crippen LogP contribution in [0.1, 0.15) is 0 Å². The van der Waals surface area contributed by atoms with Gasteiger partial charge in [0.15, 0.2) is 0 Å². The van der Waals surface area contributed by atoms with E-state index in [2.05, 4.69) is 5.32 Å². The van der Waals surface area contributed by atoms with Crippen LogP contribution in [-0.2, 0) is 17.1 Å². The summed E-state index contributed by atoms with van der Waals surface area (Å²) in [7, 11) is 0. The topological polar surface area (TPSA) is 52.5 Å². The maximum absolute atomic E-state index is 8.15. The summed E-state index contributed by atoms with van der Waals surface area (Å²) in [5.74, 6) is 0. The molecule has 0 aromatic carbocycles. The van der Waals surface area contributed by atoms with Gasteiger partial charge in [0.2, 0.25) is 0 Å². The van der Waals surface area contributed by atoms with Crippen LogP contribution in [0.2, 0.25) is 0 Å². The molecule has 0 aromatic rings. The molecular formula is C4H11FeNO2. The second kappa shape index (κ2) is 10.4. The van der Waals surface area contributed by atoms with Crippen molar-refractivity contribution >= 4 is 0 Å². The van der Waals surface area contributed by atoms with Gasteiger partial charge in [-0.25, -0.2) is 0 Å². The molecule has 0 aliphatic heterocycles. The van der Waals surface area contributed by atoms with Crippen molar-refractivity contribution in [1.82, 2.24) is 5.32 Å². The van der Waals surface area contributed by atoms with E-state index >= 15 is 0 Å². The quantitative estimate of drug-likeness (QED) is 0.349. The van der Waals surface area contributed by atoms with Crippen LogP contribution in [0.3, 0.4) is 0 Å². The van der Waals surface area contributed by atoms with E-state index in [1.807, 2.05) is 0 Å². The van der Waals surface area contributed by atoms with Crippen LogP contribution >= 0.6 is 0 Å². The van der Waals surface area contributed by atoms with E-state index in [1.165, 1.54) is 0 Å². The monoisotopic (exact) mass is 161 g/mol. The van der Waals surface area contributed by atoms with Gasteiger partial charge in [-0.05, 0) is 0 Å². The standard InChI is InChI=1S/C4H11NO2.Fe/c6-3-1-5-2-4-7;/h5-7H,1-4H2;. The molecule has 0 amide bonds. The smallest absolute Gasteiger partial charge is 0.0555 e. The van der Waals surface area contributed by atoms with Gasteiger partial charge >= 0.3 is 0 Å². The first-order valence-corrected chi connectivity index (χ1v) is 2.34. The van der Waals surface area contributed by atoms with E-state index in [0.717, 1.165) is 0 Å². The Morgan fingerprint density at radius 2 is 1.38 bits per heavy atom. The van der Waals surface area contributed by atoms with Crippen molar-refractivity contribution in [1.29, 1.82) is 0 Å². The number of aliphatic hydroxyl groups excluding tert-OH is 2. The molecule has 0 rings (SSSR count). The molecule has 3 N–H and O–H groups in total. The Labute approximate surface area is 59.6 Å². The Bertz CT molecular complexity index is 33.2. The Hall–Kier alpha value is 0.399. The van der Waals surface area contributed by atoms with Gasteiger partial charge in [0, 0.05) is 30.2 Å². The van der Waals surface area contributed by atoms with Crippen LogP contribution in [0.15, 0.2) is 0 Å². The minimum absolute atomic E-state index is 0. The molecular weight excluding hydrogens is 150 g/mol. The predicted molar refractivity (Wildman–Crippen MR) is 27.0 cm³/mol. The summed E-state index contributed by atoms with van der Waals surface area (Å²) in [6.07, 6.45) is 0. The molecule has 0 radical (unpaired) electrons. The van der Waals surface area contributed by atoms with Crippen LogP contribution in [0, 0.1) is 0 Å². The number of aliphatic hydroxyl groups is 2. The van der Waals surface area contributed by atoms with Gasteiger partial charge in [0.25, 0.3) is 0 Å². The van der Waals surface area contributed by atoms with E-state index in [-0.39, 0.29) is 30.3 Å². The zero-order valence-corrected chi connectivity index (χ0v) is 5.68. The second-order valence-corrected chi connectivity index (χ2v) is 1.20. The average molecular weight is 161 g/mol. The van der Waals surface area contributed by atoms with Gasteiger partial charge < -0.3 is 15.5 Å². The molecule has 4 heteroatoms. The maximum atomic E-state index is 8.15. The number of rotatable bonds is 4. The van der Waals surface area contributed by atoms with Gasteiger partial charge in [-0.15, -0.1) is 0 Å². The molecule has 0 atom stereocenters. The molecule has 0 saturated carbocycles. The van der Waals surface area contributed by atoms with Gasteiger partial charge in [-0.3, -0.25) is 0 Å². The zero-order chi connectivity index (χ0) is 5.54. The van der Waals surface area contributed by atoms with Gasteiger partial charge in [-0.1, -0.05) is 0 Å². The van der Waals surface area contributed by atoms with Crippen molar-refractivity contribution in [2.45, 2.75) is 0 Å². The summed E-state index contributed by atoms with van der Waals surface area (Å²) in [6, 6.07) is 0. The van der Waals surface area contributed by atoms with Crippen molar-refractivity contribution < 1.29 is 27.3 Å². The third-order valence-electron chi connectivity index (χ3n) is 0.577. The Kier molecular flexibility index (Phi) is 14.6. The predicted octanol–water partition coefficient (Wildman–Crippen LogP) is -1.44. The fourth-order valence-electron chi connectivity index (χ4n) is 0.283. The SMILES string of the molecule is OCCNCCO.[Fe]. The molecule has 3 nitrogen and oxygen atoms in total. The van der Waals surface area contributed by atoms with Crippen LogP contribution in [-0.4, -0.2) is 36.5 Å². The summed E-state index contributed by atoms with van der Waals surface area (Å²) in [5.41, 5.74) is 0.